The average molecular weight is 375 g/mol. The van der Waals surface area contributed by atoms with Gasteiger partial charge in [-0.3, -0.25) is 0 Å². The Morgan fingerprint density at radius 2 is 1.16 bits per heavy atom. The van der Waals surface area contributed by atoms with Gasteiger partial charge in [-0.2, -0.15) is 0 Å². The third-order valence-corrected chi connectivity index (χ3v) is 6.63. The molecule has 108 valence electrons. The van der Waals surface area contributed by atoms with E-state index in [9.17, 15) is 19.8 Å². The summed E-state index contributed by atoms with van der Waals surface area (Å²) in [6.45, 7) is 6.89. The average Bonchev–Trinajstić information content (AvgIpc) is 2.37. The normalized spacial score (nSPS) is 10.7. The Hall–Kier alpha value is -0.521. The number of unbranched alkanes of at least 4 members (excludes halogenated alkanes) is 2. The molecule has 0 aromatic heterocycles. The molecule has 0 aliphatic rings. The van der Waals surface area contributed by atoms with E-state index in [1.807, 2.05) is 0 Å². The summed E-state index contributed by atoms with van der Waals surface area (Å²) in [6.07, 6.45) is 5.84. The molecule has 0 spiro atoms. The summed E-state index contributed by atoms with van der Waals surface area (Å²) in [7, 11) is 0. The molecule has 0 radical (unpaired) electrons. The molecule has 5 heteroatoms. The zero-order valence-electron chi connectivity index (χ0n) is 12.4. The zero-order chi connectivity index (χ0) is 15.3. The van der Waals surface area contributed by atoms with Gasteiger partial charge >= 0.3 is 69.5 Å². The van der Waals surface area contributed by atoms with E-state index in [0.29, 0.717) is 0 Å². The Morgan fingerprint density at radius 3 is 1.37 bits per heavy atom. The predicted octanol–water partition coefficient (Wildman–Crippen LogP) is 0.950. The van der Waals surface area contributed by atoms with Crippen LogP contribution in [0.25, 0.3) is 0 Å². The molecule has 0 atom stereocenters. The molecule has 0 bridgehead atoms. The van der Waals surface area contributed by atoms with Gasteiger partial charge in [-0.25, -0.2) is 0 Å². The summed E-state index contributed by atoms with van der Waals surface area (Å²) in [6, 6.07) is 0. The first-order chi connectivity index (χ1) is 8.88. The number of hydrogen-bond donors (Lipinski definition) is 0. The van der Waals surface area contributed by atoms with Crippen LogP contribution < -0.4 is 10.2 Å². The maximum atomic E-state index is 9.99. The van der Waals surface area contributed by atoms with Gasteiger partial charge in [0.1, 0.15) is 0 Å². The molecular formula is C14H24O4Sn. The molecule has 0 heterocycles. The molecule has 0 fully saturated rings. The number of rotatable bonds is 8. The van der Waals surface area contributed by atoms with Gasteiger partial charge in [0.2, 0.25) is 0 Å². The fourth-order valence-electron chi connectivity index (χ4n) is 1.03. The van der Waals surface area contributed by atoms with E-state index in [0.717, 1.165) is 13.8 Å². The molecule has 0 aromatic rings. The van der Waals surface area contributed by atoms with Crippen molar-refractivity contribution in [2.75, 3.05) is 0 Å². The van der Waals surface area contributed by atoms with Crippen molar-refractivity contribution in [2.24, 2.45) is 0 Å². The number of carboxylic acid groups (broad SMARTS) is 2. The van der Waals surface area contributed by atoms with E-state index in [2.05, 4.69) is 13.8 Å². The molecular weight excluding hydrogens is 351 g/mol. The van der Waals surface area contributed by atoms with Gasteiger partial charge in [0.25, 0.3) is 0 Å². The van der Waals surface area contributed by atoms with E-state index >= 15 is 0 Å². The molecule has 0 N–H and O–H groups in total. The molecule has 19 heavy (non-hydrogen) atoms. The second-order valence-electron chi connectivity index (χ2n) is 4.28. The Kier molecular flexibility index (Phi) is 15.2. The van der Waals surface area contributed by atoms with Gasteiger partial charge in [0, 0.05) is 0 Å². The molecule has 0 unspecified atom stereocenters. The summed E-state index contributed by atoms with van der Waals surface area (Å²) < 4.78 is 3.25. The van der Waals surface area contributed by atoms with Crippen LogP contribution in [0.1, 0.15) is 53.4 Å². The fraction of sp³-hybridized carbons (Fsp3) is 0.714. The standard InChI is InChI=1S/C6H8O4.2C4H9.Sn/c1-3(5(7)8)4(2)6(9)10;2*1-3-4-2;/h1-2H3,(H,7,8)(H,9,10);2*1,3-4H2,2H3;/q;;;+2/p-2/b4-3-;;;. The van der Waals surface area contributed by atoms with Crippen molar-refractivity contribution in [3.63, 3.8) is 0 Å². The molecule has 4 nitrogen and oxygen atoms in total. The molecule has 0 amide bonds. The Bertz CT molecular complexity index is 270. The van der Waals surface area contributed by atoms with Crippen LogP contribution in [0.5, 0.6) is 0 Å². The quantitative estimate of drug-likeness (QED) is 0.360. The van der Waals surface area contributed by atoms with Crippen molar-refractivity contribution < 1.29 is 19.8 Å². The Morgan fingerprint density at radius 1 is 0.842 bits per heavy atom. The minimum atomic E-state index is -1.48. The van der Waals surface area contributed by atoms with Gasteiger partial charge in [0.05, 0.1) is 11.9 Å². The molecule has 0 rings (SSSR count). The van der Waals surface area contributed by atoms with Gasteiger partial charge in [-0.05, 0) is 25.0 Å². The van der Waals surface area contributed by atoms with Gasteiger partial charge < -0.3 is 19.8 Å². The monoisotopic (exact) mass is 376 g/mol. The van der Waals surface area contributed by atoms with Crippen molar-refractivity contribution in [3.8, 4) is 0 Å². The predicted molar refractivity (Wildman–Crippen MR) is 73.6 cm³/mol. The molecule has 0 aliphatic heterocycles. The van der Waals surface area contributed by atoms with Crippen molar-refractivity contribution >= 4 is 33.1 Å². The third kappa shape index (κ3) is 13.7. The summed E-state index contributed by atoms with van der Waals surface area (Å²) in [5.41, 5.74) is -0.611. The van der Waals surface area contributed by atoms with E-state index in [4.69, 9.17) is 0 Å². The first-order valence-electron chi connectivity index (χ1n) is 6.69. The number of carbonyl (C=O) groups is 2. The third-order valence-electron chi connectivity index (χ3n) is 2.59. The van der Waals surface area contributed by atoms with Crippen LogP contribution in [-0.2, 0) is 9.59 Å². The van der Waals surface area contributed by atoms with Gasteiger partial charge in [-0.1, -0.05) is 0 Å². The Balaban J connectivity index is 0. The number of carboxylic acids is 2. The van der Waals surface area contributed by atoms with Crippen LogP contribution >= 0.6 is 0 Å². The molecule has 0 aromatic carbocycles. The summed E-state index contributed by atoms with van der Waals surface area (Å²) in [5, 5.41) is 20.0. The fourth-order valence-corrected chi connectivity index (χ4v) is 5.19. The van der Waals surface area contributed by atoms with Crippen LogP contribution in [0.15, 0.2) is 11.1 Å². The number of hydrogen-bond acceptors (Lipinski definition) is 4. The van der Waals surface area contributed by atoms with Crippen LogP contribution in [0.4, 0.5) is 0 Å². The van der Waals surface area contributed by atoms with E-state index in [1.165, 1.54) is 25.7 Å². The van der Waals surface area contributed by atoms with Crippen LogP contribution in [-0.4, -0.2) is 33.1 Å². The second kappa shape index (κ2) is 13.9. The van der Waals surface area contributed by atoms with Crippen molar-refractivity contribution in [1.82, 2.24) is 0 Å². The summed E-state index contributed by atoms with van der Waals surface area (Å²) in [4.78, 5) is 20.0. The summed E-state index contributed by atoms with van der Waals surface area (Å²) >= 11 is 0.149. The van der Waals surface area contributed by atoms with Gasteiger partial charge in [-0.15, -0.1) is 0 Å². The molecule has 0 saturated heterocycles. The van der Waals surface area contributed by atoms with Crippen molar-refractivity contribution in [2.45, 2.75) is 62.3 Å². The van der Waals surface area contributed by atoms with Gasteiger partial charge in [0.15, 0.2) is 0 Å². The summed E-state index contributed by atoms with van der Waals surface area (Å²) in [5.74, 6) is -2.97. The van der Waals surface area contributed by atoms with Crippen molar-refractivity contribution in [1.29, 1.82) is 0 Å². The van der Waals surface area contributed by atoms with E-state index < -0.39 is 11.9 Å². The first kappa shape index (κ1) is 20.8. The molecule has 0 saturated carbocycles. The number of aliphatic carboxylic acids is 2. The van der Waals surface area contributed by atoms with E-state index in [1.54, 1.807) is 8.87 Å². The number of carbonyl (C=O) groups excluding carboxylic acids is 2. The van der Waals surface area contributed by atoms with Crippen LogP contribution in [0.3, 0.4) is 0 Å². The first-order valence-corrected chi connectivity index (χ1v) is 10.7. The topological polar surface area (TPSA) is 80.3 Å². The van der Waals surface area contributed by atoms with Crippen LogP contribution in [0, 0.1) is 0 Å². The second-order valence-corrected chi connectivity index (χ2v) is 8.56. The minimum absolute atomic E-state index is 0.149. The van der Waals surface area contributed by atoms with Crippen LogP contribution in [0.2, 0.25) is 8.87 Å². The SMILES string of the molecule is C/C(C(=O)[O-])=C(\C)C(=O)[O-].CCC[CH2][Sn+2][CH2]CCC. The maximum absolute atomic E-state index is 9.99. The molecule has 0 aliphatic carbocycles. The Labute approximate surface area is 126 Å². The van der Waals surface area contributed by atoms with Crippen molar-refractivity contribution in [3.05, 3.63) is 11.1 Å². The van der Waals surface area contributed by atoms with E-state index in [-0.39, 0.29) is 32.3 Å². The zero-order valence-corrected chi connectivity index (χ0v) is 15.2.